The smallest absolute Gasteiger partial charge is 0.305 e. The largest absolute Gasteiger partial charge is 0.481 e. The number of rotatable bonds is 3. The van der Waals surface area contributed by atoms with Crippen LogP contribution in [0.5, 0.6) is 0 Å². The Morgan fingerprint density at radius 2 is 1.89 bits per heavy atom. The molecular weight excluding hydrogens is 360 g/mol. The Hall–Kier alpha value is -2.80. The number of thiophene rings is 1. The number of nitrogens with zero attached hydrogens (tertiary/aromatic N) is 2. The quantitative estimate of drug-likeness (QED) is 0.549. The molecule has 0 fully saturated rings. The van der Waals surface area contributed by atoms with Gasteiger partial charge in [0.2, 0.25) is 0 Å². The van der Waals surface area contributed by atoms with E-state index in [4.69, 9.17) is 15.8 Å². The number of aliphatic imine (C=N–C) groups is 1. The van der Waals surface area contributed by atoms with Crippen LogP contribution in [-0.4, -0.2) is 34.5 Å². The van der Waals surface area contributed by atoms with Crippen LogP contribution < -0.4 is 4.90 Å². The standard InChI is InChI=1S/C20H22N4O2S/c1-10-5-7-14(8-6-10)18-17-11(2)12(3)27-20(17)24(13(4)21)19(22)15(23-18)9-16(25)26/h5-8,15,21-22H,9H2,1-4H3,(H,25,26). The van der Waals surface area contributed by atoms with Crippen LogP contribution in [0.3, 0.4) is 0 Å². The summed E-state index contributed by atoms with van der Waals surface area (Å²) in [5, 5.41) is 26.9. The fourth-order valence-electron chi connectivity index (χ4n) is 3.16. The second-order valence-corrected chi connectivity index (χ2v) is 7.93. The van der Waals surface area contributed by atoms with E-state index >= 15 is 0 Å². The predicted molar refractivity (Wildman–Crippen MR) is 110 cm³/mol. The number of carboxylic acids is 1. The lowest BCUT2D eigenvalue weighted by Gasteiger charge is -2.24. The highest BCUT2D eigenvalue weighted by Crippen LogP contribution is 2.40. The van der Waals surface area contributed by atoms with E-state index in [0.717, 1.165) is 32.1 Å². The lowest BCUT2D eigenvalue weighted by atomic mass is 9.99. The van der Waals surface area contributed by atoms with Gasteiger partial charge in [0.15, 0.2) is 0 Å². The molecule has 3 N–H and O–H groups in total. The minimum atomic E-state index is -1.02. The van der Waals surface area contributed by atoms with Gasteiger partial charge in [0.1, 0.15) is 22.7 Å². The third-order valence-electron chi connectivity index (χ3n) is 4.68. The highest BCUT2D eigenvalue weighted by atomic mass is 32.1. The Morgan fingerprint density at radius 3 is 2.44 bits per heavy atom. The molecule has 1 aliphatic heterocycles. The highest BCUT2D eigenvalue weighted by molar-refractivity contribution is 7.17. The summed E-state index contributed by atoms with van der Waals surface area (Å²) in [6, 6.07) is 7.08. The first-order chi connectivity index (χ1) is 12.7. The number of hydrogen-bond acceptors (Lipinski definition) is 5. The minimum Gasteiger partial charge on any atom is -0.481 e. The number of fused-ring (bicyclic) bond motifs is 1. The van der Waals surface area contributed by atoms with Crippen molar-refractivity contribution >= 4 is 39.7 Å². The van der Waals surface area contributed by atoms with E-state index in [0.29, 0.717) is 5.71 Å². The first-order valence-corrected chi connectivity index (χ1v) is 9.43. The number of anilines is 1. The molecule has 3 rings (SSSR count). The van der Waals surface area contributed by atoms with Gasteiger partial charge < -0.3 is 5.11 Å². The Labute approximate surface area is 162 Å². The molecule has 0 bridgehead atoms. The van der Waals surface area contributed by atoms with Gasteiger partial charge >= 0.3 is 5.97 Å². The number of aliphatic carboxylic acids is 1. The summed E-state index contributed by atoms with van der Waals surface area (Å²) >= 11 is 1.51. The molecule has 1 atom stereocenters. The predicted octanol–water partition coefficient (Wildman–Crippen LogP) is 4.15. The van der Waals surface area contributed by atoms with Crippen LogP contribution in [-0.2, 0) is 4.79 Å². The van der Waals surface area contributed by atoms with Crippen molar-refractivity contribution < 1.29 is 9.90 Å². The molecule has 1 aliphatic rings. The van der Waals surface area contributed by atoms with Gasteiger partial charge in [-0.1, -0.05) is 29.8 Å². The Morgan fingerprint density at radius 1 is 1.26 bits per heavy atom. The summed E-state index contributed by atoms with van der Waals surface area (Å²) in [5.41, 5.74) is 4.62. The van der Waals surface area contributed by atoms with Gasteiger partial charge in [-0.3, -0.25) is 25.5 Å². The van der Waals surface area contributed by atoms with Gasteiger partial charge in [-0.25, -0.2) is 0 Å². The van der Waals surface area contributed by atoms with Crippen molar-refractivity contribution in [3.05, 3.63) is 51.4 Å². The summed E-state index contributed by atoms with van der Waals surface area (Å²) in [6.45, 7) is 7.63. The molecule has 1 aromatic carbocycles. The molecule has 2 heterocycles. The van der Waals surface area contributed by atoms with Crippen LogP contribution in [0.1, 0.15) is 40.5 Å². The second-order valence-electron chi connectivity index (χ2n) is 6.73. The third kappa shape index (κ3) is 3.42. The van der Waals surface area contributed by atoms with Crippen molar-refractivity contribution in [2.24, 2.45) is 4.99 Å². The molecule has 7 heteroatoms. The van der Waals surface area contributed by atoms with Gasteiger partial charge in [0, 0.05) is 16.0 Å². The average molecular weight is 382 g/mol. The van der Waals surface area contributed by atoms with Crippen molar-refractivity contribution in [2.75, 3.05) is 4.90 Å². The number of carbonyl (C=O) groups is 1. The Kier molecular flexibility index (Phi) is 4.97. The van der Waals surface area contributed by atoms with Crippen molar-refractivity contribution in [1.82, 2.24) is 0 Å². The molecule has 0 amide bonds. The summed E-state index contributed by atoms with van der Waals surface area (Å²) in [4.78, 5) is 18.7. The minimum absolute atomic E-state index is 0.0227. The lowest BCUT2D eigenvalue weighted by Crippen LogP contribution is -2.40. The zero-order valence-corrected chi connectivity index (χ0v) is 16.6. The van der Waals surface area contributed by atoms with Crippen LogP contribution in [0.15, 0.2) is 29.3 Å². The number of aryl methyl sites for hydroxylation is 2. The van der Waals surface area contributed by atoms with Gasteiger partial charge in [-0.15, -0.1) is 11.3 Å². The van der Waals surface area contributed by atoms with E-state index in [1.807, 2.05) is 45.0 Å². The second kappa shape index (κ2) is 7.08. The summed E-state index contributed by atoms with van der Waals surface area (Å²) < 4.78 is 0. The number of amidine groups is 2. The molecule has 1 aromatic heterocycles. The maximum absolute atomic E-state index is 11.4. The molecule has 0 spiro atoms. The SMILES string of the molecule is CC(=N)N1C(=N)C(CC(=O)O)N=C(c2ccc(C)cc2)c2c1sc(C)c2C. The van der Waals surface area contributed by atoms with Gasteiger partial charge in [-0.05, 0) is 33.3 Å². The molecule has 140 valence electrons. The number of nitrogens with one attached hydrogen (secondary N) is 2. The van der Waals surface area contributed by atoms with Gasteiger partial charge in [0.05, 0.1) is 12.1 Å². The molecule has 6 nitrogen and oxygen atoms in total. The van der Waals surface area contributed by atoms with E-state index < -0.39 is 12.0 Å². The van der Waals surface area contributed by atoms with Crippen molar-refractivity contribution in [1.29, 1.82) is 10.8 Å². The summed E-state index contributed by atoms with van der Waals surface area (Å²) in [7, 11) is 0. The van der Waals surface area contributed by atoms with Crippen molar-refractivity contribution in [3.63, 3.8) is 0 Å². The Balaban J connectivity index is 2.31. The van der Waals surface area contributed by atoms with Crippen molar-refractivity contribution in [2.45, 2.75) is 40.2 Å². The number of carboxylic acid groups (broad SMARTS) is 1. The number of benzene rings is 1. The van der Waals surface area contributed by atoms with Crippen LogP contribution >= 0.6 is 11.3 Å². The average Bonchev–Trinajstić information content (AvgIpc) is 2.80. The maximum Gasteiger partial charge on any atom is 0.305 e. The molecule has 1 unspecified atom stereocenters. The molecule has 0 saturated heterocycles. The van der Waals surface area contributed by atoms with E-state index in [1.165, 1.54) is 16.2 Å². The molecule has 0 saturated carbocycles. The molecule has 2 aromatic rings. The zero-order valence-electron chi connectivity index (χ0n) is 15.8. The fourth-order valence-corrected chi connectivity index (χ4v) is 4.38. The topological polar surface area (TPSA) is 101 Å². The molecule has 0 radical (unpaired) electrons. The Bertz CT molecular complexity index is 973. The van der Waals surface area contributed by atoms with E-state index in [2.05, 4.69) is 0 Å². The van der Waals surface area contributed by atoms with E-state index in [9.17, 15) is 9.90 Å². The molecule has 0 aliphatic carbocycles. The zero-order chi connectivity index (χ0) is 19.9. The lowest BCUT2D eigenvalue weighted by molar-refractivity contribution is -0.137. The summed E-state index contributed by atoms with van der Waals surface area (Å²) in [5.74, 6) is -0.815. The fraction of sp³-hybridized carbons (Fsp3) is 0.300. The normalized spacial score (nSPS) is 16.6. The van der Waals surface area contributed by atoms with Crippen LogP contribution in [0.25, 0.3) is 0 Å². The van der Waals surface area contributed by atoms with Crippen LogP contribution in [0, 0.1) is 31.6 Å². The highest BCUT2D eigenvalue weighted by Gasteiger charge is 2.34. The molecular formula is C20H22N4O2S. The van der Waals surface area contributed by atoms with Crippen LogP contribution in [0.4, 0.5) is 5.00 Å². The van der Waals surface area contributed by atoms with Crippen molar-refractivity contribution in [3.8, 4) is 0 Å². The molecule has 27 heavy (non-hydrogen) atoms. The van der Waals surface area contributed by atoms with E-state index in [-0.39, 0.29) is 18.1 Å². The number of hydrogen-bond donors (Lipinski definition) is 3. The monoisotopic (exact) mass is 382 g/mol. The first kappa shape index (κ1) is 19.0. The third-order valence-corrected chi connectivity index (χ3v) is 5.87. The van der Waals surface area contributed by atoms with E-state index in [1.54, 1.807) is 6.92 Å². The summed E-state index contributed by atoms with van der Waals surface area (Å²) in [6.07, 6.45) is -0.287. The van der Waals surface area contributed by atoms with Gasteiger partial charge in [-0.2, -0.15) is 0 Å². The first-order valence-electron chi connectivity index (χ1n) is 8.61. The maximum atomic E-state index is 11.4. The van der Waals surface area contributed by atoms with Crippen LogP contribution in [0.2, 0.25) is 0 Å². The van der Waals surface area contributed by atoms with Gasteiger partial charge in [0.25, 0.3) is 0 Å².